The number of benzene rings is 3. The van der Waals surface area contributed by atoms with Crippen molar-refractivity contribution in [3.05, 3.63) is 107 Å². The Morgan fingerprint density at radius 2 is 1.62 bits per heavy atom. The minimum Gasteiger partial charge on any atom is -0.463 e. The molecule has 0 heterocycles. The third kappa shape index (κ3) is 8.43. The molecule has 0 bridgehead atoms. The van der Waals surface area contributed by atoms with Crippen LogP contribution in [0.25, 0.3) is 0 Å². The van der Waals surface area contributed by atoms with Gasteiger partial charge >= 0.3 is 5.97 Å². The molecule has 2 atom stereocenters. The van der Waals surface area contributed by atoms with Crippen LogP contribution >= 0.6 is 22.6 Å². The molecule has 8 heteroatoms. The van der Waals surface area contributed by atoms with E-state index in [0.29, 0.717) is 19.5 Å². The molecule has 0 aliphatic carbocycles. The zero-order valence-corrected chi connectivity index (χ0v) is 25.3. The van der Waals surface area contributed by atoms with Crippen LogP contribution in [-0.2, 0) is 19.4 Å². The molecular weight excluding hydrogens is 700 g/mol. The van der Waals surface area contributed by atoms with Crippen molar-refractivity contribution >= 4 is 28.6 Å². The molecule has 0 aromatic heterocycles. The maximum Gasteiger partial charge on any atom is 0.323 e. The Balaban J connectivity index is 1.70. The summed E-state index contributed by atoms with van der Waals surface area (Å²) in [6, 6.07) is 22.1. The second kappa shape index (κ2) is 14.5. The molecule has 0 aliphatic heterocycles. The lowest BCUT2D eigenvalue weighted by Crippen LogP contribution is -3.42. The van der Waals surface area contributed by atoms with Gasteiger partial charge in [-0.2, -0.15) is 0 Å². The quantitative estimate of drug-likeness (QED) is 0.166. The smallest absolute Gasteiger partial charge is 0.323 e. The van der Waals surface area contributed by atoms with Crippen molar-refractivity contribution in [3.8, 4) is 0 Å². The van der Waals surface area contributed by atoms with E-state index in [0.717, 1.165) is 27.5 Å². The summed E-state index contributed by atoms with van der Waals surface area (Å²) in [5.41, 5.74) is 8.65. The molecule has 2 N–H and O–H groups in total. The number of likely N-dealkylation sites (N-methyl/N-ethyl adjacent to an activating group) is 1. The number of hydrogen-bond acceptors (Lipinski definition) is 4. The Morgan fingerprint density at radius 1 is 1.03 bits per heavy atom. The summed E-state index contributed by atoms with van der Waals surface area (Å²) in [6.07, 6.45) is 1.27. The highest BCUT2D eigenvalue weighted by Crippen LogP contribution is 2.35. The van der Waals surface area contributed by atoms with Crippen molar-refractivity contribution in [1.82, 2.24) is 4.90 Å². The van der Waals surface area contributed by atoms with Crippen LogP contribution in [0, 0.1) is 17.6 Å². The molecule has 3 aromatic carbocycles. The molecule has 198 valence electrons. The van der Waals surface area contributed by atoms with Gasteiger partial charge in [0.1, 0.15) is 24.3 Å². The minimum atomic E-state index is -0.718. The topological polar surface area (TPSA) is 55.6 Å². The number of nitrogens with zero attached hydrogens (tertiary/aromatic N) is 1. The van der Waals surface area contributed by atoms with E-state index >= 15 is 0 Å². The maximum absolute atomic E-state index is 14.3. The molecule has 0 saturated carbocycles. The van der Waals surface area contributed by atoms with Gasteiger partial charge in [-0.3, -0.25) is 4.79 Å². The number of esters is 1. The molecule has 0 spiro atoms. The number of carbonyl (C=O) groups excluding carboxylic acids is 1. The summed E-state index contributed by atoms with van der Waals surface area (Å²) in [6.45, 7) is 1.39. The zero-order chi connectivity index (χ0) is 26.8. The average molecular weight is 733 g/mol. The fourth-order valence-electron chi connectivity index (χ4n) is 4.46. The Hall–Kier alpha value is -1.63. The van der Waals surface area contributed by atoms with Crippen LogP contribution in [0.5, 0.6) is 0 Å². The van der Waals surface area contributed by atoms with Gasteiger partial charge in [-0.05, 0) is 49.7 Å². The number of nitrogens with two attached hydrogens (primary N) is 1. The Kier molecular flexibility index (Phi) is 11.7. The van der Waals surface area contributed by atoms with Crippen molar-refractivity contribution in [2.45, 2.75) is 22.3 Å². The second-order valence-corrected chi connectivity index (χ2v) is 12.1. The minimum absolute atomic E-state index is 0.0545. The molecule has 0 amide bonds. The summed E-state index contributed by atoms with van der Waals surface area (Å²) < 4.78 is 34.4. The third-order valence-electron chi connectivity index (χ3n) is 6.39. The summed E-state index contributed by atoms with van der Waals surface area (Å²) >= 11 is 4.31. The van der Waals surface area contributed by atoms with Gasteiger partial charge in [-0.15, -0.1) is 0 Å². The monoisotopic (exact) mass is 733 g/mol. The Morgan fingerprint density at radius 3 is 2.16 bits per heavy atom. The summed E-state index contributed by atoms with van der Waals surface area (Å²) in [7, 11) is 1.97. The highest BCUT2D eigenvalue weighted by molar-refractivity contribution is 14.1. The van der Waals surface area contributed by atoms with Crippen LogP contribution < -0.4 is 28.3 Å². The van der Waals surface area contributed by atoms with Crippen LogP contribution in [0.15, 0.2) is 78.9 Å². The molecule has 1 unspecified atom stereocenters. The molecule has 0 saturated heterocycles. The molecule has 3 aromatic rings. The first-order valence-corrected chi connectivity index (χ1v) is 14.9. The first-order chi connectivity index (χ1) is 17.7. The maximum atomic E-state index is 14.3. The van der Waals surface area contributed by atoms with Gasteiger partial charge in [0, 0.05) is 34.6 Å². The first kappa shape index (κ1) is 29.9. The van der Waals surface area contributed by atoms with Gasteiger partial charge in [-0.1, -0.05) is 77.2 Å². The molecule has 0 fully saturated rings. The van der Waals surface area contributed by atoms with E-state index in [4.69, 9.17) is 10.5 Å². The number of rotatable bonds is 13. The molecule has 37 heavy (non-hydrogen) atoms. The highest BCUT2D eigenvalue weighted by atomic mass is 127. The van der Waals surface area contributed by atoms with Gasteiger partial charge in [0.05, 0.1) is 0 Å². The second-order valence-electron chi connectivity index (χ2n) is 9.16. The summed E-state index contributed by atoms with van der Waals surface area (Å²) in [5.74, 6) is -1.01. The van der Waals surface area contributed by atoms with E-state index in [-0.39, 0.29) is 24.2 Å². The molecule has 0 radical (unpaired) electrons. The van der Waals surface area contributed by atoms with E-state index in [9.17, 15) is 13.6 Å². The summed E-state index contributed by atoms with van der Waals surface area (Å²) in [5, 5.41) is 0. The fraction of sp³-hybridized carbons (Fsp3) is 0.345. The number of ether oxygens (including phenoxy) is 1. The molecule has 0 aliphatic rings. The molecular formula is C29H33F2I2N2O2+. The number of carbonyl (C=O) groups is 1. The van der Waals surface area contributed by atoms with Crippen LogP contribution in [-0.4, -0.2) is 48.1 Å². The van der Waals surface area contributed by atoms with E-state index in [1.54, 1.807) is 24.3 Å². The van der Waals surface area contributed by atoms with Gasteiger partial charge in [0.15, 0.2) is 0 Å². The first-order valence-electron chi connectivity index (χ1n) is 12.2. The predicted octanol–water partition coefficient (Wildman–Crippen LogP) is 1.98. The Labute approximate surface area is 245 Å². The lowest BCUT2D eigenvalue weighted by Gasteiger charge is -2.33. The lowest BCUT2D eigenvalue weighted by atomic mass is 9.78. The lowest BCUT2D eigenvalue weighted by molar-refractivity contribution is -0.487. The fourth-order valence-corrected chi connectivity index (χ4v) is 6.49. The number of alkyl halides is 2. The van der Waals surface area contributed by atoms with Gasteiger partial charge in [0.25, 0.3) is 22.6 Å². The number of hydrogen-bond donors (Lipinski definition) is 1. The standard InChI is InChI=1S/C29H33F2I2N2O2/c1-35(15-16-37-28(36)27(34)17-21-7-3-2-4-8-21)20-24(13-14-32)29(33,22-9-5-11-25(30)18-22)23-10-6-12-26(31)19-23/h2-12,18-19,24,27,33H,13-17,20,34H2,1H3/q+1/t24?,27-/m0/s1. The van der Waals surface area contributed by atoms with Crippen LogP contribution in [0.4, 0.5) is 8.78 Å². The van der Waals surface area contributed by atoms with E-state index in [2.05, 4.69) is 27.5 Å². The SMILES string of the molecule is CN(CCOC(=O)[C@@H](N)Cc1ccccc1)CC(CCI)C([IH+])(c1cccc(F)c1)c1cccc(F)c1. The van der Waals surface area contributed by atoms with Gasteiger partial charge in [0.2, 0.25) is 3.42 Å². The largest absolute Gasteiger partial charge is 0.463 e. The highest BCUT2D eigenvalue weighted by Gasteiger charge is 2.48. The summed E-state index contributed by atoms with van der Waals surface area (Å²) in [4.78, 5) is 14.5. The van der Waals surface area contributed by atoms with E-state index in [1.165, 1.54) is 12.1 Å². The van der Waals surface area contributed by atoms with Crippen molar-refractivity contribution in [3.63, 3.8) is 0 Å². The van der Waals surface area contributed by atoms with Crippen molar-refractivity contribution in [2.24, 2.45) is 11.7 Å². The zero-order valence-electron chi connectivity index (χ0n) is 20.8. The third-order valence-corrected chi connectivity index (χ3v) is 9.31. The van der Waals surface area contributed by atoms with Crippen molar-refractivity contribution < 1.29 is 40.9 Å². The van der Waals surface area contributed by atoms with Crippen molar-refractivity contribution in [1.29, 1.82) is 0 Å². The van der Waals surface area contributed by atoms with Crippen LogP contribution in [0.3, 0.4) is 0 Å². The molecule has 3 rings (SSSR count). The van der Waals surface area contributed by atoms with E-state index in [1.807, 2.05) is 72.1 Å². The molecule has 4 nitrogen and oxygen atoms in total. The van der Waals surface area contributed by atoms with E-state index < -0.39 is 15.4 Å². The average Bonchev–Trinajstić information content (AvgIpc) is 2.88. The van der Waals surface area contributed by atoms with Gasteiger partial charge < -0.3 is 15.4 Å². The van der Waals surface area contributed by atoms with Crippen LogP contribution in [0.1, 0.15) is 23.1 Å². The number of halogens is 4. The predicted molar refractivity (Wildman–Crippen MR) is 149 cm³/mol. The Bertz CT molecular complexity index is 1100. The van der Waals surface area contributed by atoms with Gasteiger partial charge in [-0.25, -0.2) is 8.78 Å². The van der Waals surface area contributed by atoms with Crippen molar-refractivity contribution in [2.75, 3.05) is 31.2 Å². The van der Waals surface area contributed by atoms with Crippen LogP contribution in [0.2, 0.25) is 0 Å². The normalized spacial score (nSPS) is 13.4.